The Morgan fingerprint density at radius 2 is 1.15 bits per heavy atom. The van der Waals surface area contributed by atoms with Crippen molar-refractivity contribution in [1.82, 2.24) is 0 Å². The van der Waals surface area contributed by atoms with E-state index in [1.54, 1.807) is 18.2 Å². The smallest absolute Gasteiger partial charge is 0.0169 e. The number of allylic oxidation sites excluding steroid dienone is 8. The van der Waals surface area contributed by atoms with Crippen LogP contribution in [0.3, 0.4) is 0 Å². The summed E-state index contributed by atoms with van der Waals surface area (Å²) in [5.74, 6) is 0. The predicted octanol–water partition coefficient (Wildman–Crippen LogP) is 4.22. The first-order chi connectivity index (χ1) is 6.33. The van der Waals surface area contributed by atoms with Crippen LogP contribution in [-0.4, -0.2) is 0 Å². The fraction of sp³-hybridized carbons (Fsp3) is 0.0769. The van der Waals surface area contributed by atoms with Gasteiger partial charge in [-0.3, -0.25) is 0 Å². The molecular weight excluding hydrogens is 156 g/mol. The van der Waals surface area contributed by atoms with Gasteiger partial charge in [0.25, 0.3) is 0 Å². The van der Waals surface area contributed by atoms with Gasteiger partial charge >= 0.3 is 0 Å². The summed E-state index contributed by atoms with van der Waals surface area (Å²) in [6, 6.07) is 0. The Morgan fingerprint density at radius 3 is 1.46 bits per heavy atom. The summed E-state index contributed by atoms with van der Waals surface area (Å²) in [6.07, 6.45) is 15.5. The van der Waals surface area contributed by atoms with E-state index in [9.17, 15) is 0 Å². The molecule has 0 amide bonds. The zero-order chi connectivity index (χ0) is 10.4. The van der Waals surface area contributed by atoms with Gasteiger partial charge in [-0.15, -0.1) is 6.58 Å². The summed E-state index contributed by atoms with van der Waals surface area (Å²) >= 11 is 0. The highest BCUT2D eigenvalue weighted by atomic mass is 13.7. The van der Waals surface area contributed by atoms with E-state index in [2.05, 4.69) is 26.3 Å². The van der Waals surface area contributed by atoms with Gasteiger partial charge in [-0.25, -0.2) is 0 Å². The Balaban J connectivity index is 0. The Morgan fingerprint density at radius 1 is 0.692 bits per heavy atom. The molecule has 0 rings (SSSR count). The molecule has 0 aromatic carbocycles. The molecule has 0 radical (unpaired) electrons. The van der Waals surface area contributed by atoms with Crippen LogP contribution in [0.1, 0.15) is 6.42 Å². The van der Waals surface area contributed by atoms with Crippen LogP contribution in [0.25, 0.3) is 0 Å². The molecule has 0 saturated heterocycles. The summed E-state index contributed by atoms with van der Waals surface area (Å²) in [6.45, 7) is 14.0. The minimum atomic E-state index is 0.937. The van der Waals surface area contributed by atoms with Crippen LogP contribution in [-0.2, 0) is 0 Å². The first-order valence-corrected chi connectivity index (χ1v) is 4.12. The van der Waals surface area contributed by atoms with Crippen molar-refractivity contribution in [2.75, 3.05) is 0 Å². The van der Waals surface area contributed by atoms with Crippen LogP contribution in [0, 0.1) is 0 Å². The standard InChI is InChI=1S/C7H10.C6H8/c1-3-5-7-6-4-2;1-3-5-6-4-2/h3-5,7H,1-2,6H2;3-6H,1-2H2. The maximum atomic E-state index is 3.55. The predicted molar refractivity (Wildman–Crippen MR) is 63.7 cm³/mol. The zero-order valence-corrected chi connectivity index (χ0v) is 8.15. The van der Waals surface area contributed by atoms with Crippen molar-refractivity contribution in [1.29, 1.82) is 0 Å². The lowest BCUT2D eigenvalue weighted by Crippen LogP contribution is -1.50. The Hall–Kier alpha value is -1.56. The van der Waals surface area contributed by atoms with Gasteiger partial charge < -0.3 is 0 Å². The van der Waals surface area contributed by atoms with E-state index >= 15 is 0 Å². The van der Waals surface area contributed by atoms with Crippen molar-refractivity contribution in [2.24, 2.45) is 0 Å². The highest BCUT2D eigenvalue weighted by Crippen LogP contribution is 1.81. The number of hydrogen-bond acceptors (Lipinski definition) is 0. The van der Waals surface area contributed by atoms with Crippen molar-refractivity contribution >= 4 is 0 Å². The lowest BCUT2D eigenvalue weighted by atomic mass is 10.4. The Labute approximate surface area is 82.0 Å². The topological polar surface area (TPSA) is 0 Å². The third kappa shape index (κ3) is 25.1. The van der Waals surface area contributed by atoms with Crippen LogP contribution in [0.2, 0.25) is 0 Å². The second-order valence-electron chi connectivity index (χ2n) is 2.04. The average Bonchev–Trinajstić information content (AvgIpc) is 2.17. The molecule has 0 saturated carbocycles. The van der Waals surface area contributed by atoms with E-state index in [-0.39, 0.29) is 0 Å². The molecule has 0 spiro atoms. The van der Waals surface area contributed by atoms with E-state index in [4.69, 9.17) is 0 Å². The molecule has 13 heavy (non-hydrogen) atoms. The number of hydrogen-bond donors (Lipinski definition) is 0. The second kappa shape index (κ2) is 16.8. The quantitative estimate of drug-likeness (QED) is 0.432. The van der Waals surface area contributed by atoms with Crippen molar-refractivity contribution in [3.63, 3.8) is 0 Å². The molecule has 0 heterocycles. The van der Waals surface area contributed by atoms with Gasteiger partial charge in [0.15, 0.2) is 0 Å². The zero-order valence-electron chi connectivity index (χ0n) is 8.15. The molecule has 0 N–H and O–H groups in total. The molecule has 0 fully saturated rings. The van der Waals surface area contributed by atoms with Crippen molar-refractivity contribution < 1.29 is 0 Å². The monoisotopic (exact) mass is 174 g/mol. The van der Waals surface area contributed by atoms with Crippen LogP contribution in [0.4, 0.5) is 0 Å². The van der Waals surface area contributed by atoms with Crippen LogP contribution >= 0.6 is 0 Å². The number of rotatable bonds is 5. The highest BCUT2D eigenvalue weighted by molar-refractivity contribution is 5.05. The van der Waals surface area contributed by atoms with Crippen LogP contribution in [0.5, 0.6) is 0 Å². The summed E-state index contributed by atoms with van der Waals surface area (Å²) < 4.78 is 0. The van der Waals surface area contributed by atoms with E-state index < -0.39 is 0 Å². The molecule has 0 aliphatic carbocycles. The third-order valence-electron chi connectivity index (χ3n) is 0.958. The second-order valence-corrected chi connectivity index (χ2v) is 2.04. The molecule has 0 aromatic rings. The molecule has 0 bridgehead atoms. The minimum absolute atomic E-state index is 0.937. The van der Waals surface area contributed by atoms with Gasteiger partial charge in [0, 0.05) is 0 Å². The summed E-state index contributed by atoms with van der Waals surface area (Å²) in [5.41, 5.74) is 0. The van der Waals surface area contributed by atoms with Crippen molar-refractivity contribution in [2.45, 2.75) is 6.42 Å². The molecule has 0 unspecified atom stereocenters. The van der Waals surface area contributed by atoms with Gasteiger partial charge in [0.05, 0.1) is 0 Å². The molecule has 0 atom stereocenters. The van der Waals surface area contributed by atoms with Gasteiger partial charge in [-0.2, -0.15) is 0 Å². The molecule has 0 aliphatic rings. The first kappa shape index (κ1) is 14.0. The maximum Gasteiger partial charge on any atom is -0.0169 e. The fourth-order valence-electron chi connectivity index (χ4n) is 0.428. The average molecular weight is 174 g/mol. The van der Waals surface area contributed by atoms with E-state index in [1.165, 1.54) is 0 Å². The lowest BCUT2D eigenvalue weighted by molar-refractivity contribution is 1.41. The highest BCUT2D eigenvalue weighted by Gasteiger charge is 1.59. The summed E-state index contributed by atoms with van der Waals surface area (Å²) in [4.78, 5) is 0. The molecule has 0 heteroatoms. The van der Waals surface area contributed by atoms with Crippen LogP contribution in [0.15, 0.2) is 74.9 Å². The van der Waals surface area contributed by atoms with Gasteiger partial charge in [-0.05, 0) is 6.42 Å². The molecule has 0 aromatic heterocycles. The summed E-state index contributed by atoms with van der Waals surface area (Å²) in [7, 11) is 0. The third-order valence-corrected chi connectivity index (χ3v) is 0.958. The van der Waals surface area contributed by atoms with Crippen molar-refractivity contribution in [3.8, 4) is 0 Å². The maximum absolute atomic E-state index is 3.55. The van der Waals surface area contributed by atoms with Gasteiger partial charge in [0.2, 0.25) is 0 Å². The molecule has 0 nitrogen and oxygen atoms in total. The SMILES string of the molecule is C=CC=CC=C.C=CC=CCC=C. The Bertz CT molecular complexity index is 182. The van der Waals surface area contributed by atoms with Gasteiger partial charge in [0.1, 0.15) is 0 Å². The van der Waals surface area contributed by atoms with Gasteiger partial charge in [-0.1, -0.05) is 68.3 Å². The molecule has 0 aliphatic heterocycles. The summed E-state index contributed by atoms with van der Waals surface area (Å²) in [5, 5.41) is 0. The molecule has 70 valence electrons. The minimum Gasteiger partial charge on any atom is -0.103 e. The largest absolute Gasteiger partial charge is 0.103 e. The first-order valence-electron chi connectivity index (χ1n) is 4.12. The normalized spacial score (nSPS) is 8.92. The Kier molecular flexibility index (Phi) is 18.1. The lowest BCUT2D eigenvalue weighted by Gasteiger charge is -1.71. The molecular formula is C13H18. The van der Waals surface area contributed by atoms with Crippen molar-refractivity contribution in [3.05, 3.63) is 74.9 Å². The fourth-order valence-corrected chi connectivity index (χ4v) is 0.428. The van der Waals surface area contributed by atoms with E-state index in [0.29, 0.717) is 0 Å². The van der Waals surface area contributed by atoms with Crippen LogP contribution < -0.4 is 0 Å². The van der Waals surface area contributed by atoms with E-state index in [1.807, 2.05) is 30.4 Å². The van der Waals surface area contributed by atoms with E-state index in [0.717, 1.165) is 6.42 Å².